The Balaban J connectivity index is 2.26. The predicted molar refractivity (Wildman–Crippen MR) is 87.3 cm³/mol. The molecule has 0 unspecified atom stereocenters. The summed E-state index contributed by atoms with van der Waals surface area (Å²) in [6, 6.07) is 9.30. The van der Waals surface area contributed by atoms with Gasteiger partial charge in [0.15, 0.2) is 0 Å². The number of carbonyl (C=O) groups is 1. The highest BCUT2D eigenvalue weighted by molar-refractivity contribution is 5.96. The topological polar surface area (TPSA) is 76.7 Å². The van der Waals surface area contributed by atoms with Gasteiger partial charge in [-0.3, -0.25) is 4.79 Å². The van der Waals surface area contributed by atoms with Crippen LogP contribution in [0.25, 0.3) is 21.9 Å². The average Bonchev–Trinajstić information content (AvgIpc) is 2.46. The summed E-state index contributed by atoms with van der Waals surface area (Å²) in [5, 5.41) is 9.67. The van der Waals surface area contributed by atoms with E-state index in [1.165, 1.54) is 18.2 Å². The van der Waals surface area contributed by atoms with Gasteiger partial charge in [-0.2, -0.15) is 0 Å². The molecular weight excluding hydrogens is 296 g/mol. The molecule has 23 heavy (non-hydrogen) atoms. The van der Waals surface area contributed by atoms with Crippen LogP contribution in [0.5, 0.6) is 5.75 Å². The molecule has 0 atom stereocenters. The van der Waals surface area contributed by atoms with E-state index in [4.69, 9.17) is 14.3 Å². The molecule has 5 heteroatoms. The minimum Gasteiger partial charge on any atom is -0.488 e. The fourth-order valence-corrected chi connectivity index (χ4v) is 2.39. The van der Waals surface area contributed by atoms with E-state index in [9.17, 15) is 9.59 Å². The summed E-state index contributed by atoms with van der Waals surface area (Å²) in [5.74, 6) is -0.526. The molecule has 0 aliphatic heterocycles. The molecule has 0 radical (unpaired) electrons. The van der Waals surface area contributed by atoms with Gasteiger partial charge in [-0.15, -0.1) is 0 Å². The zero-order valence-corrected chi connectivity index (χ0v) is 13.0. The number of carboxylic acids is 1. The molecule has 0 aliphatic carbocycles. The van der Waals surface area contributed by atoms with Crippen LogP contribution in [0.2, 0.25) is 0 Å². The highest BCUT2D eigenvalue weighted by atomic mass is 16.5. The Bertz CT molecular complexity index is 976. The summed E-state index contributed by atoms with van der Waals surface area (Å²) >= 11 is 0. The van der Waals surface area contributed by atoms with Gasteiger partial charge in [0, 0.05) is 0 Å². The van der Waals surface area contributed by atoms with Crippen LogP contribution in [0, 0.1) is 0 Å². The van der Waals surface area contributed by atoms with E-state index in [0.29, 0.717) is 22.3 Å². The van der Waals surface area contributed by atoms with E-state index in [-0.39, 0.29) is 22.0 Å². The standard InChI is InChI=1S/C18H16O5/c1-18(2,3)23-11-5-7-15-13(9-11)16(19)12-8-10(17(20)21)4-6-14(12)22-15/h4-9H,1-3H3,(H,20,21). The summed E-state index contributed by atoms with van der Waals surface area (Å²) in [6.07, 6.45) is 0. The maximum Gasteiger partial charge on any atom is 0.335 e. The molecule has 0 amide bonds. The van der Waals surface area contributed by atoms with Crippen molar-refractivity contribution in [2.75, 3.05) is 0 Å². The lowest BCUT2D eigenvalue weighted by atomic mass is 10.1. The number of aromatic carboxylic acids is 1. The normalized spacial score (nSPS) is 11.8. The number of fused-ring (bicyclic) bond motifs is 2. The molecule has 2 aromatic carbocycles. The van der Waals surface area contributed by atoms with Crippen molar-refractivity contribution in [3.05, 3.63) is 52.2 Å². The van der Waals surface area contributed by atoms with Gasteiger partial charge in [-0.1, -0.05) is 0 Å². The first-order valence-corrected chi connectivity index (χ1v) is 7.17. The quantitative estimate of drug-likeness (QED) is 0.728. The molecule has 5 nitrogen and oxygen atoms in total. The molecule has 3 aromatic rings. The predicted octanol–water partition coefficient (Wildman–Crippen LogP) is 3.82. The number of benzene rings is 2. The lowest BCUT2D eigenvalue weighted by molar-refractivity contribution is 0.0697. The first kappa shape index (κ1) is 15.1. The van der Waals surface area contributed by atoms with Gasteiger partial charge in [0.05, 0.1) is 16.3 Å². The van der Waals surface area contributed by atoms with Crippen molar-refractivity contribution in [2.24, 2.45) is 0 Å². The Morgan fingerprint density at radius 3 is 2.26 bits per heavy atom. The second kappa shape index (κ2) is 5.12. The molecule has 0 spiro atoms. The number of hydrogen-bond donors (Lipinski definition) is 1. The SMILES string of the molecule is CC(C)(C)Oc1ccc2oc3ccc(C(=O)O)cc3c(=O)c2c1. The van der Waals surface area contributed by atoms with E-state index >= 15 is 0 Å². The van der Waals surface area contributed by atoms with Crippen LogP contribution >= 0.6 is 0 Å². The van der Waals surface area contributed by atoms with Crippen molar-refractivity contribution in [2.45, 2.75) is 26.4 Å². The molecule has 0 fully saturated rings. The number of carboxylic acid groups (broad SMARTS) is 1. The minimum absolute atomic E-state index is 0.0475. The van der Waals surface area contributed by atoms with Crippen molar-refractivity contribution >= 4 is 27.9 Å². The van der Waals surface area contributed by atoms with Crippen molar-refractivity contribution in [1.82, 2.24) is 0 Å². The zero-order valence-electron chi connectivity index (χ0n) is 13.0. The Kier molecular flexibility index (Phi) is 3.36. The number of hydrogen-bond acceptors (Lipinski definition) is 4. The van der Waals surface area contributed by atoms with Crippen LogP contribution in [-0.4, -0.2) is 16.7 Å². The lowest BCUT2D eigenvalue weighted by Crippen LogP contribution is -2.23. The molecule has 1 N–H and O–H groups in total. The monoisotopic (exact) mass is 312 g/mol. The second-order valence-corrected chi connectivity index (χ2v) is 6.32. The van der Waals surface area contributed by atoms with Gasteiger partial charge in [0.2, 0.25) is 5.43 Å². The third-order valence-electron chi connectivity index (χ3n) is 3.31. The second-order valence-electron chi connectivity index (χ2n) is 6.32. The van der Waals surface area contributed by atoms with Gasteiger partial charge in [-0.25, -0.2) is 4.79 Å². The van der Waals surface area contributed by atoms with E-state index in [0.717, 1.165) is 0 Å². The van der Waals surface area contributed by atoms with Crippen molar-refractivity contribution in [3.8, 4) is 5.75 Å². The summed E-state index contributed by atoms with van der Waals surface area (Å²) in [7, 11) is 0. The third-order valence-corrected chi connectivity index (χ3v) is 3.31. The highest BCUT2D eigenvalue weighted by Gasteiger charge is 2.15. The first-order chi connectivity index (χ1) is 10.7. The van der Waals surface area contributed by atoms with Crippen molar-refractivity contribution in [1.29, 1.82) is 0 Å². The Hall–Kier alpha value is -2.82. The van der Waals surface area contributed by atoms with Crippen LogP contribution in [0.4, 0.5) is 0 Å². The van der Waals surface area contributed by atoms with Crippen LogP contribution in [0.3, 0.4) is 0 Å². The molecule has 1 aromatic heterocycles. The van der Waals surface area contributed by atoms with E-state index in [2.05, 4.69) is 0 Å². The van der Waals surface area contributed by atoms with Crippen LogP contribution in [0.15, 0.2) is 45.6 Å². The summed E-state index contributed by atoms with van der Waals surface area (Å²) in [5.41, 5.74) is 0.181. The molecule has 1 heterocycles. The van der Waals surface area contributed by atoms with Crippen LogP contribution < -0.4 is 10.2 Å². The van der Waals surface area contributed by atoms with Crippen molar-refractivity contribution < 1.29 is 19.1 Å². The average molecular weight is 312 g/mol. The smallest absolute Gasteiger partial charge is 0.335 e. The Labute approximate surface area is 132 Å². The fourth-order valence-electron chi connectivity index (χ4n) is 2.39. The minimum atomic E-state index is -1.09. The van der Waals surface area contributed by atoms with Gasteiger partial charge in [0.1, 0.15) is 22.5 Å². The first-order valence-electron chi connectivity index (χ1n) is 7.17. The van der Waals surface area contributed by atoms with E-state index in [1.54, 1.807) is 18.2 Å². The van der Waals surface area contributed by atoms with Crippen LogP contribution in [-0.2, 0) is 0 Å². The lowest BCUT2D eigenvalue weighted by Gasteiger charge is -2.21. The maximum absolute atomic E-state index is 12.7. The zero-order chi connectivity index (χ0) is 16.8. The van der Waals surface area contributed by atoms with Gasteiger partial charge in [-0.05, 0) is 57.2 Å². The number of rotatable bonds is 2. The summed E-state index contributed by atoms with van der Waals surface area (Å²) < 4.78 is 11.5. The van der Waals surface area contributed by atoms with Gasteiger partial charge < -0.3 is 14.3 Å². The highest BCUT2D eigenvalue weighted by Crippen LogP contribution is 2.25. The van der Waals surface area contributed by atoms with E-state index in [1.807, 2.05) is 20.8 Å². The Morgan fingerprint density at radius 1 is 1.04 bits per heavy atom. The van der Waals surface area contributed by atoms with Gasteiger partial charge >= 0.3 is 5.97 Å². The summed E-state index contributed by atoms with van der Waals surface area (Å²) in [4.78, 5) is 23.7. The maximum atomic E-state index is 12.7. The number of ether oxygens (including phenoxy) is 1. The van der Waals surface area contributed by atoms with Crippen LogP contribution in [0.1, 0.15) is 31.1 Å². The van der Waals surface area contributed by atoms with Gasteiger partial charge in [0.25, 0.3) is 0 Å². The molecule has 0 saturated heterocycles. The largest absolute Gasteiger partial charge is 0.488 e. The molecule has 118 valence electrons. The molecule has 3 rings (SSSR count). The molecule has 0 saturated carbocycles. The van der Waals surface area contributed by atoms with E-state index < -0.39 is 5.97 Å². The summed E-state index contributed by atoms with van der Waals surface area (Å²) in [6.45, 7) is 5.75. The Morgan fingerprint density at radius 2 is 1.65 bits per heavy atom. The third kappa shape index (κ3) is 2.90. The molecule has 0 bridgehead atoms. The molecular formula is C18H16O5. The van der Waals surface area contributed by atoms with Crippen molar-refractivity contribution in [3.63, 3.8) is 0 Å². The fraction of sp³-hybridized carbons (Fsp3) is 0.222. The molecule has 0 aliphatic rings.